The third-order valence-electron chi connectivity index (χ3n) is 3.75. The van der Waals surface area contributed by atoms with Crippen molar-refractivity contribution in [2.75, 3.05) is 19.6 Å². The Balaban J connectivity index is 1.88. The van der Waals surface area contributed by atoms with Gasteiger partial charge in [-0.1, -0.05) is 23.2 Å². The van der Waals surface area contributed by atoms with E-state index in [2.05, 4.69) is 10.3 Å². The fourth-order valence-corrected chi connectivity index (χ4v) is 3.12. The van der Waals surface area contributed by atoms with Gasteiger partial charge in [0.1, 0.15) is 15.9 Å². The molecule has 1 N–H and O–H groups in total. The molecule has 1 aromatic rings. The van der Waals surface area contributed by atoms with Crippen molar-refractivity contribution < 1.29 is 14.3 Å². The molecule has 25 heavy (non-hydrogen) atoms. The number of likely N-dealkylation sites (tertiary alicyclic amines) is 1. The summed E-state index contributed by atoms with van der Waals surface area (Å²) < 4.78 is 5.41. The Morgan fingerprint density at radius 1 is 1.32 bits per heavy atom. The lowest BCUT2D eigenvalue weighted by atomic mass is 9.98. The van der Waals surface area contributed by atoms with Crippen LogP contribution in [0.2, 0.25) is 10.3 Å². The number of rotatable bonds is 3. The highest BCUT2D eigenvalue weighted by atomic mass is 35.5. The number of pyridine rings is 1. The Morgan fingerprint density at radius 2 is 1.96 bits per heavy atom. The molecule has 0 aliphatic carbocycles. The lowest BCUT2D eigenvalue weighted by Gasteiger charge is -2.34. The van der Waals surface area contributed by atoms with Crippen molar-refractivity contribution in [2.45, 2.75) is 39.2 Å². The van der Waals surface area contributed by atoms with Crippen LogP contribution in [0.4, 0.5) is 4.79 Å². The molecule has 1 unspecified atom stereocenters. The number of carbonyl (C=O) groups is 2. The number of amides is 2. The molecule has 2 amide bonds. The van der Waals surface area contributed by atoms with E-state index in [4.69, 9.17) is 27.9 Å². The summed E-state index contributed by atoms with van der Waals surface area (Å²) in [7, 11) is 0. The lowest BCUT2D eigenvalue weighted by molar-refractivity contribution is 0.0167. The molecule has 1 aliphatic heterocycles. The van der Waals surface area contributed by atoms with Crippen molar-refractivity contribution in [2.24, 2.45) is 5.92 Å². The van der Waals surface area contributed by atoms with Crippen molar-refractivity contribution >= 4 is 35.2 Å². The van der Waals surface area contributed by atoms with Gasteiger partial charge in [0.25, 0.3) is 5.91 Å². The van der Waals surface area contributed by atoms with Gasteiger partial charge in [0.2, 0.25) is 0 Å². The molecule has 1 saturated heterocycles. The summed E-state index contributed by atoms with van der Waals surface area (Å²) in [6.45, 7) is 7.24. The summed E-state index contributed by atoms with van der Waals surface area (Å²) in [5.74, 6) is -0.0846. The number of hydrogen-bond donors (Lipinski definition) is 1. The van der Waals surface area contributed by atoms with Crippen LogP contribution in [0.5, 0.6) is 0 Å². The molecule has 2 rings (SSSR count). The minimum atomic E-state index is -0.516. The summed E-state index contributed by atoms with van der Waals surface area (Å²) in [5, 5.41) is 3.21. The smallest absolute Gasteiger partial charge is 0.410 e. The minimum absolute atomic E-state index is 0.173. The predicted molar refractivity (Wildman–Crippen MR) is 97.1 cm³/mol. The molecule has 6 nitrogen and oxygen atoms in total. The minimum Gasteiger partial charge on any atom is -0.444 e. The van der Waals surface area contributed by atoms with Crippen LogP contribution in [0.1, 0.15) is 44.0 Å². The SMILES string of the molecule is CC(C)(C)OC(=O)N1CCCC(CNC(=O)c2cc(Cl)nc(Cl)c2)C1. The maximum atomic E-state index is 12.2. The number of hydrogen-bond acceptors (Lipinski definition) is 4. The molecule has 0 radical (unpaired) electrons. The van der Waals surface area contributed by atoms with E-state index in [0.29, 0.717) is 25.2 Å². The van der Waals surface area contributed by atoms with Crippen LogP contribution in [0.25, 0.3) is 0 Å². The van der Waals surface area contributed by atoms with E-state index < -0.39 is 5.60 Å². The van der Waals surface area contributed by atoms with E-state index in [1.165, 1.54) is 12.1 Å². The van der Waals surface area contributed by atoms with Gasteiger partial charge in [-0.05, 0) is 51.7 Å². The first-order valence-corrected chi connectivity index (χ1v) is 8.99. The summed E-state index contributed by atoms with van der Waals surface area (Å²) >= 11 is 11.6. The molecular weight excluding hydrogens is 365 g/mol. The number of halogens is 2. The molecule has 1 fully saturated rings. The first-order valence-electron chi connectivity index (χ1n) is 8.23. The zero-order chi connectivity index (χ0) is 18.6. The van der Waals surface area contributed by atoms with Crippen molar-refractivity contribution in [1.82, 2.24) is 15.2 Å². The Morgan fingerprint density at radius 3 is 2.56 bits per heavy atom. The number of aromatic nitrogens is 1. The van der Waals surface area contributed by atoms with Gasteiger partial charge in [-0.2, -0.15) is 0 Å². The van der Waals surface area contributed by atoms with Crippen LogP contribution < -0.4 is 5.32 Å². The van der Waals surface area contributed by atoms with Crippen LogP contribution in [0.15, 0.2) is 12.1 Å². The zero-order valence-electron chi connectivity index (χ0n) is 14.6. The van der Waals surface area contributed by atoms with E-state index in [1.54, 1.807) is 4.90 Å². The van der Waals surface area contributed by atoms with E-state index in [0.717, 1.165) is 12.8 Å². The zero-order valence-corrected chi connectivity index (χ0v) is 16.2. The van der Waals surface area contributed by atoms with Crippen molar-refractivity contribution in [1.29, 1.82) is 0 Å². The third-order valence-corrected chi connectivity index (χ3v) is 4.13. The van der Waals surface area contributed by atoms with Gasteiger partial charge >= 0.3 is 6.09 Å². The predicted octanol–water partition coefficient (Wildman–Crippen LogP) is 3.77. The van der Waals surface area contributed by atoms with Crippen LogP contribution in [-0.4, -0.2) is 47.1 Å². The van der Waals surface area contributed by atoms with Gasteiger partial charge in [0, 0.05) is 25.2 Å². The number of ether oxygens (including phenoxy) is 1. The summed E-state index contributed by atoms with van der Waals surface area (Å²) in [4.78, 5) is 29.9. The lowest BCUT2D eigenvalue weighted by Crippen LogP contribution is -2.45. The molecule has 0 aromatic carbocycles. The average Bonchev–Trinajstić information content (AvgIpc) is 2.50. The van der Waals surface area contributed by atoms with Gasteiger partial charge < -0.3 is 15.0 Å². The molecule has 1 aliphatic rings. The molecule has 1 atom stereocenters. The largest absolute Gasteiger partial charge is 0.444 e. The number of carbonyl (C=O) groups excluding carboxylic acids is 2. The van der Waals surface area contributed by atoms with Crippen LogP contribution >= 0.6 is 23.2 Å². The van der Waals surface area contributed by atoms with E-state index in [9.17, 15) is 9.59 Å². The maximum Gasteiger partial charge on any atom is 0.410 e. The van der Waals surface area contributed by atoms with Crippen molar-refractivity contribution in [3.8, 4) is 0 Å². The Labute approximate surface area is 157 Å². The molecule has 0 spiro atoms. The molecule has 138 valence electrons. The molecule has 1 aromatic heterocycles. The second-order valence-corrected chi connectivity index (χ2v) is 7.92. The number of nitrogens with one attached hydrogen (secondary N) is 1. The van der Waals surface area contributed by atoms with Crippen LogP contribution in [0.3, 0.4) is 0 Å². The highest BCUT2D eigenvalue weighted by Gasteiger charge is 2.27. The molecular formula is C17H23Cl2N3O3. The van der Waals surface area contributed by atoms with Crippen molar-refractivity contribution in [3.63, 3.8) is 0 Å². The standard InChI is InChI=1S/C17H23Cl2N3O3/c1-17(2,3)25-16(24)22-6-4-5-11(10-22)9-20-15(23)12-7-13(18)21-14(19)8-12/h7-8,11H,4-6,9-10H2,1-3H3,(H,20,23). The van der Waals surface area contributed by atoms with Crippen LogP contribution in [0, 0.1) is 5.92 Å². The van der Waals surface area contributed by atoms with Crippen LogP contribution in [-0.2, 0) is 4.74 Å². The third kappa shape index (κ3) is 6.36. The fraction of sp³-hybridized carbons (Fsp3) is 0.588. The highest BCUT2D eigenvalue weighted by Crippen LogP contribution is 2.19. The summed E-state index contributed by atoms with van der Waals surface area (Å²) in [5.41, 5.74) is -0.150. The second kappa shape index (κ2) is 8.23. The van der Waals surface area contributed by atoms with Gasteiger partial charge in [-0.15, -0.1) is 0 Å². The topological polar surface area (TPSA) is 71.5 Å². The fourth-order valence-electron chi connectivity index (χ4n) is 2.66. The molecule has 8 heteroatoms. The molecule has 0 saturated carbocycles. The van der Waals surface area contributed by atoms with E-state index in [1.807, 2.05) is 20.8 Å². The molecule has 0 bridgehead atoms. The Kier molecular flexibility index (Phi) is 6.52. The number of nitrogens with zero attached hydrogens (tertiary/aromatic N) is 2. The Bertz CT molecular complexity index is 626. The highest BCUT2D eigenvalue weighted by molar-refractivity contribution is 6.33. The molecule has 2 heterocycles. The summed E-state index contributed by atoms with van der Waals surface area (Å²) in [6, 6.07) is 2.94. The van der Waals surface area contributed by atoms with Gasteiger partial charge in [-0.25, -0.2) is 9.78 Å². The summed E-state index contributed by atoms with van der Waals surface area (Å²) in [6.07, 6.45) is 1.51. The van der Waals surface area contributed by atoms with Gasteiger partial charge in [-0.3, -0.25) is 4.79 Å². The van der Waals surface area contributed by atoms with Crippen molar-refractivity contribution in [3.05, 3.63) is 28.0 Å². The maximum absolute atomic E-state index is 12.2. The normalized spacial score (nSPS) is 18.0. The second-order valence-electron chi connectivity index (χ2n) is 7.15. The van der Waals surface area contributed by atoms with E-state index >= 15 is 0 Å². The monoisotopic (exact) mass is 387 g/mol. The average molecular weight is 388 g/mol. The van der Waals surface area contributed by atoms with Gasteiger partial charge in [0.05, 0.1) is 0 Å². The first kappa shape index (κ1) is 19.8. The Hall–Kier alpha value is -1.53. The number of piperidine rings is 1. The van der Waals surface area contributed by atoms with E-state index in [-0.39, 0.29) is 28.2 Å². The quantitative estimate of drug-likeness (QED) is 0.801. The van der Waals surface area contributed by atoms with Gasteiger partial charge in [0.15, 0.2) is 0 Å². The first-order chi connectivity index (χ1) is 11.6.